The second kappa shape index (κ2) is 15.1. The average molecular weight is 689 g/mol. The van der Waals surface area contributed by atoms with Crippen molar-refractivity contribution in [2.45, 2.75) is 133 Å². The number of carbonyl (C=O) groups excluding carboxylic acids is 6. The van der Waals surface area contributed by atoms with Crippen molar-refractivity contribution in [3.8, 4) is 0 Å². The van der Waals surface area contributed by atoms with Crippen LogP contribution in [0, 0.1) is 17.8 Å². The van der Waals surface area contributed by atoms with E-state index < -0.39 is 69.1 Å². The number of rotatable bonds is 12. The van der Waals surface area contributed by atoms with Crippen LogP contribution in [0.4, 0.5) is 4.79 Å². The number of carbonyl (C=O) groups is 6. The first kappa shape index (κ1) is 37.9. The molecular weight excluding hydrogens is 637 g/mol. The molecule has 1 aliphatic heterocycles. The van der Waals surface area contributed by atoms with Crippen LogP contribution >= 0.6 is 23.2 Å². The van der Waals surface area contributed by atoms with Crippen molar-refractivity contribution in [1.82, 2.24) is 26.2 Å². The zero-order valence-corrected chi connectivity index (χ0v) is 29.6. The molecular formula is C32H51Cl2N5O7. The van der Waals surface area contributed by atoms with E-state index in [1.165, 1.54) is 4.90 Å². The Morgan fingerprint density at radius 3 is 2.15 bits per heavy atom. The summed E-state index contributed by atoms with van der Waals surface area (Å²) in [4.78, 5) is 80.3. The summed E-state index contributed by atoms with van der Waals surface area (Å²) in [5.41, 5.74) is -1.21. The summed E-state index contributed by atoms with van der Waals surface area (Å²) < 4.78 is 4.23. The van der Waals surface area contributed by atoms with Gasteiger partial charge in [0.25, 0.3) is 5.91 Å². The fourth-order valence-corrected chi connectivity index (χ4v) is 7.25. The van der Waals surface area contributed by atoms with Gasteiger partial charge in [0.1, 0.15) is 22.0 Å². The van der Waals surface area contributed by atoms with Crippen LogP contribution in [0.25, 0.3) is 0 Å². The van der Waals surface area contributed by atoms with Crippen LogP contribution in [-0.2, 0) is 28.7 Å². The monoisotopic (exact) mass is 687 g/mol. The summed E-state index contributed by atoms with van der Waals surface area (Å²) >= 11 is 13.1. The third kappa shape index (κ3) is 9.95. The van der Waals surface area contributed by atoms with Crippen LogP contribution in [0.1, 0.15) is 99.8 Å². The maximum absolute atomic E-state index is 14.2. The molecule has 260 valence electrons. The Morgan fingerprint density at radius 2 is 1.59 bits per heavy atom. The number of ketones is 1. The molecule has 3 fully saturated rings. The normalized spacial score (nSPS) is 23.8. The minimum Gasteiger partial charge on any atom is -0.444 e. The smallest absolute Gasteiger partial charge is 0.408 e. The van der Waals surface area contributed by atoms with Gasteiger partial charge < -0.3 is 30.9 Å². The molecule has 0 radical (unpaired) electrons. The number of halogens is 2. The van der Waals surface area contributed by atoms with Crippen LogP contribution < -0.4 is 21.3 Å². The zero-order valence-electron chi connectivity index (χ0n) is 28.1. The van der Waals surface area contributed by atoms with E-state index in [0.717, 1.165) is 32.1 Å². The van der Waals surface area contributed by atoms with Crippen molar-refractivity contribution in [1.29, 1.82) is 0 Å². The number of hydrogen-bond donors (Lipinski definition) is 4. The van der Waals surface area contributed by atoms with E-state index in [9.17, 15) is 28.8 Å². The molecule has 14 heteroatoms. The van der Waals surface area contributed by atoms with Gasteiger partial charge in [-0.25, -0.2) is 4.79 Å². The standard InChI is InChI=1S/C32H51Cl2N5O7/c1-8-12-20(25(41)27(43)35-16-15-21(40)38-30(2,3)4)36-26(42)24-22-19(32(22,33)34)17-39(24)28(44)23(18-13-10-9-11-14-18)37-29(45)46-31(5,6)7/h18-20,22-24H,8-17H2,1-7H3,(H,35,43)(H,36,42)(H,37,45)(H,38,40)/t19-,20?,22-,23-,24-/m0/s1. The minimum atomic E-state index is -1.23. The average Bonchev–Trinajstić information content (AvgIpc) is 3.25. The number of alkyl carbamates (subject to hydrolysis) is 1. The molecule has 0 aromatic heterocycles. The summed E-state index contributed by atoms with van der Waals surface area (Å²) in [6.45, 7) is 12.6. The first-order valence-electron chi connectivity index (χ1n) is 16.4. The molecule has 5 amide bonds. The van der Waals surface area contributed by atoms with Crippen molar-refractivity contribution >= 4 is 58.7 Å². The molecule has 4 N–H and O–H groups in total. The Morgan fingerprint density at radius 1 is 0.957 bits per heavy atom. The molecule has 0 aromatic rings. The van der Waals surface area contributed by atoms with Gasteiger partial charge in [-0.2, -0.15) is 0 Å². The Kier molecular flexibility index (Phi) is 12.4. The van der Waals surface area contributed by atoms with Crippen LogP contribution in [0.3, 0.4) is 0 Å². The van der Waals surface area contributed by atoms with E-state index in [2.05, 4.69) is 21.3 Å². The number of piperidine rings is 1. The van der Waals surface area contributed by atoms with Crippen molar-refractivity contribution in [2.75, 3.05) is 13.1 Å². The number of nitrogens with zero attached hydrogens (tertiary/aromatic N) is 1. The van der Waals surface area contributed by atoms with Crippen molar-refractivity contribution in [3.05, 3.63) is 0 Å². The molecule has 5 atom stereocenters. The predicted octanol–water partition coefficient (Wildman–Crippen LogP) is 3.37. The van der Waals surface area contributed by atoms with Gasteiger partial charge >= 0.3 is 6.09 Å². The van der Waals surface area contributed by atoms with E-state index in [0.29, 0.717) is 6.42 Å². The molecule has 12 nitrogen and oxygen atoms in total. The number of nitrogens with one attached hydrogen (secondary N) is 4. The quantitative estimate of drug-likeness (QED) is 0.181. The van der Waals surface area contributed by atoms with Gasteiger partial charge in [0, 0.05) is 36.9 Å². The van der Waals surface area contributed by atoms with E-state index in [-0.39, 0.29) is 43.7 Å². The van der Waals surface area contributed by atoms with E-state index in [1.807, 2.05) is 27.7 Å². The van der Waals surface area contributed by atoms with Gasteiger partial charge in [0.05, 0.1) is 6.04 Å². The number of amides is 5. The summed E-state index contributed by atoms with van der Waals surface area (Å²) in [6.07, 6.45) is 4.25. The second-order valence-corrected chi connectivity index (χ2v) is 16.2. The van der Waals surface area contributed by atoms with Gasteiger partial charge in [-0.05, 0) is 66.7 Å². The Balaban J connectivity index is 1.75. The summed E-state index contributed by atoms with van der Waals surface area (Å²) in [6, 6.07) is -3.18. The Bertz CT molecular complexity index is 1180. The van der Waals surface area contributed by atoms with Crippen LogP contribution in [0.2, 0.25) is 0 Å². The summed E-state index contributed by atoms with van der Waals surface area (Å²) in [5, 5.41) is 10.7. The maximum atomic E-state index is 14.2. The molecule has 46 heavy (non-hydrogen) atoms. The second-order valence-electron chi connectivity index (χ2n) is 14.8. The van der Waals surface area contributed by atoms with Crippen molar-refractivity contribution in [2.24, 2.45) is 17.8 Å². The summed E-state index contributed by atoms with van der Waals surface area (Å²) in [5.74, 6) is -4.23. The molecule has 3 rings (SSSR count). The third-order valence-electron chi connectivity index (χ3n) is 8.53. The van der Waals surface area contributed by atoms with Crippen LogP contribution in [0.15, 0.2) is 0 Å². The first-order chi connectivity index (χ1) is 21.3. The minimum absolute atomic E-state index is 0.0175. The number of fused-ring (bicyclic) bond motifs is 1. The largest absolute Gasteiger partial charge is 0.444 e. The molecule has 1 unspecified atom stereocenters. The van der Waals surface area contributed by atoms with E-state index >= 15 is 0 Å². The van der Waals surface area contributed by atoms with Gasteiger partial charge in [-0.1, -0.05) is 32.6 Å². The lowest BCUT2D eigenvalue weighted by Gasteiger charge is -2.36. The van der Waals surface area contributed by atoms with E-state index in [4.69, 9.17) is 27.9 Å². The topological polar surface area (TPSA) is 163 Å². The lowest BCUT2D eigenvalue weighted by molar-refractivity contribution is -0.144. The molecule has 1 heterocycles. The molecule has 1 saturated heterocycles. The SMILES string of the molecule is CCCC(NC(=O)[C@@H]1[C@@H]2[C@H](CN1C(=O)[C@@H](NC(=O)OC(C)(C)C)C1CCCCC1)C2(Cl)Cl)C(=O)C(=O)NCCC(=O)NC(C)(C)C. The van der Waals surface area contributed by atoms with Crippen molar-refractivity contribution < 1.29 is 33.5 Å². The highest BCUT2D eigenvalue weighted by molar-refractivity contribution is 6.51. The lowest BCUT2D eigenvalue weighted by Crippen LogP contribution is -2.60. The highest BCUT2D eigenvalue weighted by atomic mass is 35.5. The fraction of sp³-hybridized carbons (Fsp3) is 0.812. The van der Waals surface area contributed by atoms with Gasteiger partial charge in [-0.3, -0.25) is 24.0 Å². The number of hydrogen-bond acceptors (Lipinski definition) is 7. The van der Waals surface area contributed by atoms with Gasteiger partial charge in [-0.15, -0.1) is 23.2 Å². The first-order valence-corrected chi connectivity index (χ1v) is 17.1. The highest BCUT2D eigenvalue weighted by Gasteiger charge is 2.74. The van der Waals surface area contributed by atoms with Gasteiger partial charge in [0.15, 0.2) is 0 Å². The fourth-order valence-electron chi connectivity index (χ4n) is 6.43. The highest BCUT2D eigenvalue weighted by Crippen LogP contribution is 2.65. The van der Waals surface area contributed by atoms with Gasteiger partial charge in [0.2, 0.25) is 23.5 Å². The molecule has 0 spiro atoms. The number of alkyl halides is 2. The molecule has 0 aromatic carbocycles. The molecule has 2 saturated carbocycles. The maximum Gasteiger partial charge on any atom is 0.408 e. The summed E-state index contributed by atoms with van der Waals surface area (Å²) in [7, 11) is 0. The molecule has 0 bridgehead atoms. The van der Waals surface area contributed by atoms with Crippen LogP contribution in [0.5, 0.6) is 0 Å². The number of likely N-dealkylation sites (tertiary alicyclic amines) is 1. The molecule has 2 aliphatic carbocycles. The van der Waals surface area contributed by atoms with E-state index in [1.54, 1.807) is 20.8 Å². The lowest BCUT2D eigenvalue weighted by atomic mass is 9.83. The van der Waals surface area contributed by atoms with Crippen LogP contribution in [-0.4, -0.2) is 87.1 Å². The molecule has 3 aliphatic rings. The number of ether oxygens (including phenoxy) is 1. The predicted molar refractivity (Wildman–Crippen MR) is 174 cm³/mol. The number of Topliss-reactive ketones (excluding diaryl/α,β-unsaturated/α-hetero) is 1. The Labute approximate surface area is 282 Å². The third-order valence-corrected chi connectivity index (χ3v) is 9.59. The van der Waals surface area contributed by atoms with Crippen molar-refractivity contribution in [3.63, 3.8) is 0 Å². The Hall–Kier alpha value is -2.60. The zero-order chi connectivity index (χ0) is 34.6.